The molecule has 0 radical (unpaired) electrons. The first-order valence-corrected chi connectivity index (χ1v) is 10.8. The number of aromatic nitrogens is 1. The van der Waals surface area contributed by atoms with Crippen LogP contribution in [0.25, 0.3) is 11.1 Å². The van der Waals surface area contributed by atoms with Crippen molar-refractivity contribution in [2.75, 3.05) is 33.2 Å². The molecule has 1 aromatic heterocycles. The summed E-state index contributed by atoms with van der Waals surface area (Å²) in [6.45, 7) is 4.54. The molecule has 0 saturated carbocycles. The molecule has 1 fully saturated rings. The second-order valence-electron chi connectivity index (χ2n) is 7.76. The lowest BCUT2D eigenvalue weighted by Crippen LogP contribution is -2.46. The van der Waals surface area contributed by atoms with E-state index >= 15 is 0 Å². The summed E-state index contributed by atoms with van der Waals surface area (Å²) in [5.41, 5.74) is 5.38. The van der Waals surface area contributed by atoms with Crippen LogP contribution < -0.4 is 0 Å². The van der Waals surface area contributed by atoms with E-state index in [-0.39, 0.29) is 24.8 Å². The first kappa shape index (κ1) is 23.1. The molecule has 2 aliphatic rings. The van der Waals surface area contributed by atoms with Crippen LogP contribution in [0.2, 0.25) is 0 Å². The van der Waals surface area contributed by atoms with Gasteiger partial charge in [0.2, 0.25) is 0 Å². The topological polar surface area (TPSA) is 19.4 Å². The first-order valence-electron chi connectivity index (χ1n) is 10.0. The summed E-state index contributed by atoms with van der Waals surface area (Å²) in [6.07, 6.45) is 4.88. The minimum absolute atomic E-state index is 0. The maximum Gasteiger partial charge on any atom is 0.0401 e. The van der Waals surface area contributed by atoms with E-state index in [0.717, 1.165) is 32.6 Å². The number of rotatable bonds is 2. The summed E-state index contributed by atoms with van der Waals surface area (Å²) in [4.78, 5) is 12.2. The molecule has 3 aromatic rings. The van der Waals surface area contributed by atoms with Crippen LogP contribution in [-0.4, -0.2) is 48.0 Å². The van der Waals surface area contributed by atoms with Crippen molar-refractivity contribution in [1.82, 2.24) is 14.8 Å². The Balaban J connectivity index is 0.00000128. The highest BCUT2D eigenvalue weighted by Crippen LogP contribution is 2.44. The summed E-state index contributed by atoms with van der Waals surface area (Å²) >= 11 is 1.92. The van der Waals surface area contributed by atoms with E-state index in [9.17, 15) is 0 Å². The molecule has 0 bridgehead atoms. The van der Waals surface area contributed by atoms with Crippen LogP contribution in [0.5, 0.6) is 0 Å². The van der Waals surface area contributed by atoms with Gasteiger partial charge >= 0.3 is 0 Å². The molecule has 0 N–H and O–H groups in total. The van der Waals surface area contributed by atoms with Gasteiger partial charge in [0.1, 0.15) is 0 Å². The zero-order valence-corrected chi connectivity index (χ0v) is 19.5. The van der Waals surface area contributed by atoms with Crippen LogP contribution in [-0.2, 0) is 6.42 Å². The largest absolute Gasteiger partial charge is 0.304 e. The number of piperazine rings is 1. The van der Waals surface area contributed by atoms with Crippen molar-refractivity contribution >= 4 is 36.6 Å². The summed E-state index contributed by atoms with van der Waals surface area (Å²) in [5.74, 6) is 0. The van der Waals surface area contributed by atoms with E-state index in [1.54, 1.807) is 0 Å². The maximum atomic E-state index is 4.32. The van der Waals surface area contributed by atoms with Gasteiger partial charge in [-0.25, -0.2) is 0 Å². The lowest BCUT2D eigenvalue weighted by atomic mass is 9.94. The number of halogens is 2. The van der Waals surface area contributed by atoms with Crippen molar-refractivity contribution in [3.05, 3.63) is 78.1 Å². The van der Waals surface area contributed by atoms with Gasteiger partial charge in [0.15, 0.2) is 0 Å². The molecule has 6 heteroatoms. The number of hydrogen-bond donors (Lipinski definition) is 0. The van der Waals surface area contributed by atoms with Gasteiger partial charge in [-0.2, -0.15) is 0 Å². The van der Waals surface area contributed by atoms with Gasteiger partial charge in [0, 0.05) is 54.4 Å². The molecule has 1 unspecified atom stereocenters. The van der Waals surface area contributed by atoms with Crippen LogP contribution in [0.4, 0.5) is 0 Å². The highest BCUT2D eigenvalue weighted by atomic mass is 35.5. The van der Waals surface area contributed by atoms with E-state index in [0.29, 0.717) is 6.04 Å². The van der Waals surface area contributed by atoms with E-state index in [1.165, 1.54) is 32.0 Å². The minimum Gasteiger partial charge on any atom is -0.304 e. The summed E-state index contributed by atoms with van der Waals surface area (Å²) in [7, 11) is 2.23. The predicted molar refractivity (Wildman–Crippen MR) is 130 cm³/mol. The van der Waals surface area contributed by atoms with Gasteiger partial charge in [-0.3, -0.25) is 9.88 Å². The number of likely N-dealkylation sites (N-methyl/N-ethyl adjacent to an activating group) is 1. The summed E-state index contributed by atoms with van der Waals surface area (Å²) in [5, 5.41) is 0. The van der Waals surface area contributed by atoms with Gasteiger partial charge in [0.25, 0.3) is 0 Å². The molecule has 3 heterocycles. The van der Waals surface area contributed by atoms with Gasteiger partial charge in [-0.15, -0.1) is 24.8 Å². The third kappa shape index (κ3) is 4.68. The molecule has 158 valence electrons. The van der Waals surface area contributed by atoms with Crippen LogP contribution >= 0.6 is 36.6 Å². The van der Waals surface area contributed by atoms with Crippen LogP contribution in [0.15, 0.2) is 76.8 Å². The highest BCUT2D eigenvalue weighted by Gasteiger charge is 2.29. The van der Waals surface area contributed by atoms with Crippen molar-refractivity contribution < 1.29 is 0 Å². The second kappa shape index (κ2) is 10.2. The molecule has 0 amide bonds. The zero-order chi connectivity index (χ0) is 18.9. The molecular formula is C24H27Cl2N3S. The van der Waals surface area contributed by atoms with Gasteiger partial charge in [0.05, 0.1) is 0 Å². The molecule has 3 nitrogen and oxygen atoms in total. The maximum absolute atomic E-state index is 4.32. The van der Waals surface area contributed by atoms with Crippen molar-refractivity contribution in [2.45, 2.75) is 22.3 Å². The Labute approximate surface area is 195 Å². The summed E-state index contributed by atoms with van der Waals surface area (Å²) < 4.78 is 0. The summed E-state index contributed by atoms with van der Waals surface area (Å²) in [6, 6.07) is 20.5. The quantitative estimate of drug-likeness (QED) is 0.497. The smallest absolute Gasteiger partial charge is 0.0401 e. The monoisotopic (exact) mass is 459 g/mol. The standard InChI is InChI=1S/C24H25N3S.2ClH/c1-26-11-13-27(14-12-26)22-16-19-5-2-3-7-23(19)28-24-9-8-18(15-21(22)24)20-6-4-10-25-17-20;;/h2-10,15,17,22H,11-14,16H2,1H3;2*1H. The fourth-order valence-electron chi connectivity index (χ4n) is 4.28. The van der Waals surface area contributed by atoms with Gasteiger partial charge < -0.3 is 4.90 Å². The molecule has 2 aliphatic heterocycles. The van der Waals surface area contributed by atoms with Crippen LogP contribution in [0.3, 0.4) is 0 Å². The van der Waals surface area contributed by atoms with Crippen molar-refractivity contribution in [2.24, 2.45) is 0 Å². The highest BCUT2D eigenvalue weighted by molar-refractivity contribution is 7.99. The van der Waals surface area contributed by atoms with Crippen LogP contribution in [0, 0.1) is 0 Å². The number of hydrogen-bond acceptors (Lipinski definition) is 4. The third-order valence-electron chi connectivity index (χ3n) is 5.95. The van der Waals surface area contributed by atoms with E-state index in [2.05, 4.69) is 70.4 Å². The van der Waals surface area contributed by atoms with Crippen molar-refractivity contribution in [3.63, 3.8) is 0 Å². The zero-order valence-electron chi connectivity index (χ0n) is 17.0. The molecule has 2 aromatic carbocycles. The number of pyridine rings is 1. The van der Waals surface area contributed by atoms with Gasteiger partial charge in [-0.05, 0) is 60.0 Å². The fourth-order valence-corrected chi connectivity index (χ4v) is 5.40. The van der Waals surface area contributed by atoms with Gasteiger partial charge in [-0.1, -0.05) is 42.1 Å². The SMILES string of the molecule is CN1CCN(C2Cc3ccccc3Sc3ccc(-c4cccnc4)cc32)CC1.Cl.Cl. The molecule has 5 rings (SSSR count). The first-order chi connectivity index (χ1) is 13.8. The Bertz CT molecular complexity index is 975. The van der Waals surface area contributed by atoms with E-state index in [1.807, 2.05) is 30.2 Å². The fraction of sp³-hybridized carbons (Fsp3) is 0.292. The molecule has 1 atom stereocenters. The Kier molecular flexibility index (Phi) is 7.83. The van der Waals surface area contributed by atoms with Crippen LogP contribution in [0.1, 0.15) is 17.2 Å². The molecular weight excluding hydrogens is 433 g/mol. The Morgan fingerprint density at radius 2 is 1.67 bits per heavy atom. The molecule has 0 aliphatic carbocycles. The van der Waals surface area contributed by atoms with E-state index < -0.39 is 0 Å². The lowest BCUT2D eigenvalue weighted by Gasteiger charge is -2.38. The molecule has 1 saturated heterocycles. The van der Waals surface area contributed by atoms with E-state index in [4.69, 9.17) is 0 Å². The molecule has 30 heavy (non-hydrogen) atoms. The Morgan fingerprint density at radius 3 is 2.43 bits per heavy atom. The minimum atomic E-state index is 0. The van der Waals surface area contributed by atoms with Crippen molar-refractivity contribution in [1.29, 1.82) is 0 Å². The third-order valence-corrected chi connectivity index (χ3v) is 7.16. The Morgan fingerprint density at radius 1 is 0.867 bits per heavy atom. The second-order valence-corrected chi connectivity index (χ2v) is 8.85. The lowest BCUT2D eigenvalue weighted by molar-refractivity contribution is 0.110. The molecule has 0 spiro atoms. The predicted octanol–water partition coefficient (Wildman–Crippen LogP) is 5.59. The van der Waals surface area contributed by atoms with Crippen molar-refractivity contribution in [3.8, 4) is 11.1 Å². The number of fused-ring (bicyclic) bond motifs is 2. The average molecular weight is 460 g/mol. The number of nitrogens with zero attached hydrogens (tertiary/aromatic N) is 3. The Hall–Kier alpha value is -1.56. The average Bonchev–Trinajstić information content (AvgIpc) is 2.91. The normalized spacial score (nSPS) is 18.9. The number of benzene rings is 2.